The highest BCUT2D eigenvalue weighted by atomic mass is 32.1. The molecule has 0 saturated carbocycles. The summed E-state index contributed by atoms with van der Waals surface area (Å²) in [5.41, 5.74) is 8.83. The molecule has 0 fully saturated rings. The number of carbonyl (C=O) groups excluding carboxylic acids is 2. The summed E-state index contributed by atoms with van der Waals surface area (Å²) in [7, 11) is 0. The number of hydrogen-bond donors (Lipinski definition) is 3. The van der Waals surface area contributed by atoms with Gasteiger partial charge in [-0.05, 0) is 37.6 Å². The smallest absolute Gasteiger partial charge is 0.324 e. The Bertz CT molecular complexity index is 799. The molecule has 27 heavy (non-hydrogen) atoms. The van der Waals surface area contributed by atoms with Crippen LogP contribution in [0.3, 0.4) is 0 Å². The van der Waals surface area contributed by atoms with Gasteiger partial charge in [0.2, 0.25) is 0 Å². The second-order valence-electron chi connectivity index (χ2n) is 6.14. The van der Waals surface area contributed by atoms with Crippen LogP contribution in [-0.4, -0.2) is 29.9 Å². The number of amides is 3. The summed E-state index contributed by atoms with van der Waals surface area (Å²) >= 11 is 1.44. The Kier molecular flexibility index (Phi) is 7.38. The van der Waals surface area contributed by atoms with E-state index in [9.17, 15) is 9.59 Å². The molecular weight excluding hydrogens is 360 g/mol. The van der Waals surface area contributed by atoms with E-state index in [1.165, 1.54) is 11.3 Å². The predicted octanol–water partition coefficient (Wildman–Crippen LogP) is 4.20. The molecule has 6 nitrogen and oxygen atoms in total. The SMILES string of the molecule is CC.CCN1CCc2c(sc(NC(=O)Nc3ccc(C)cc3)c2C(N)=O)C1. The molecule has 4 N–H and O–H groups in total. The lowest BCUT2D eigenvalue weighted by Crippen LogP contribution is -2.30. The van der Waals surface area contributed by atoms with Crippen molar-refractivity contribution in [2.24, 2.45) is 5.73 Å². The highest BCUT2D eigenvalue weighted by Gasteiger charge is 2.27. The largest absolute Gasteiger partial charge is 0.365 e. The maximum atomic E-state index is 12.3. The Hall–Kier alpha value is -2.38. The quantitative estimate of drug-likeness (QED) is 0.733. The molecule has 146 valence electrons. The van der Waals surface area contributed by atoms with E-state index in [0.29, 0.717) is 16.3 Å². The highest BCUT2D eigenvalue weighted by molar-refractivity contribution is 7.17. The van der Waals surface area contributed by atoms with E-state index in [1.54, 1.807) is 0 Å². The average molecular weight is 389 g/mol. The summed E-state index contributed by atoms with van der Waals surface area (Å²) in [6.45, 7) is 10.7. The first-order chi connectivity index (χ1) is 13.0. The molecule has 0 aliphatic carbocycles. The topological polar surface area (TPSA) is 87.5 Å². The summed E-state index contributed by atoms with van der Waals surface area (Å²) in [5.74, 6) is -0.493. The summed E-state index contributed by atoms with van der Waals surface area (Å²) in [6.07, 6.45) is 0.777. The predicted molar refractivity (Wildman–Crippen MR) is 113 cm³/mol. The molecule has 3 rings (SSSR count). The zero-order valence-electron chi connectivity index (χ0n) is 16.4. The van der Waals surface area contributed by atoms with Crippen molar-refractivity contribution >= 4 is 34.0 Å². The van der Waals surface area contributed by atoms with Crippen molar-refractivity contribution in [2.45, 2.75) is 40.7 Å². The molecule has 0 radical (unpaired) electrons. The molecular formula is C20H28N4O2S. The number of hydrogen-bond acceptors (Lipinski definition) is 4. The number of aryl methyl sites for hydroxylation is 1. The van der Waals surface area contributed by atoms with Crippen LogP contribution >= 0.6 is 11.3 Å². The lowest BCUT2D eigenvalue weighted by molar-refractivity contribution is 0.1000. The minimum absolute atomic E-state index is 0.378. The van der Waals surface area contributed by atoms with Crippen LogP contribution in [0, 0.1) is 6.92 Å². The minimum Gasteiger partial charge on any atom is -0.365 e. The first kappa shape index (κ1) is 20.9. The molecule has 2 heterocycles. The number of nitrogens with one attached hydrogen (secondary N) is 2. The summed E-state index contributed by atoms with van der Waals surface area (Å²) in [4.78, 5) is 27.6. The zero-order valence-corrected chi connectivity index (χ0v) is 17.2. The van der Waals surface area contributed by atoms with Gasteiger partial charge < -0.3 is 11.1 Å². The number of fused-ring (bicyclic) bond motifs is 1. The molecule has 0 atom stereocenters. The number of nitrogens with two attached hydrogens (primary N) is 1. The van der Waals surface area contributed by atoms with Gasteiger partial charge in [-0.1, -0.05) is 38.5 Å². The van der Waals surface area contributed by atoms with E-state index in [2.05, 4.69) is 22.5 Å². The number of thiophene rings is 1. The van der Waals surface area contributed by atoms with Gasteiger partial charge in [0, 0.05) is 23.7 Å². The number of primary amides is 1. The van der Waals surface area contributed by atoms with Crippen LogP contribution in [0.4, 0.5) is 15.5 Å². The second kappa shape index (κ2) is 9.53. The maximum absolute atomic E-state index is 12.3. The standard InChI is InChI=1S/C18H22N4O2S.C2H6/c1-3-22-9-8-13-14(10-22)25-17(15(13)16(19)23)21-18(24)20-12-6-4-11(2)5-7-12;1-2/h4-7H,3,8-10H2,1-2H3,(H2,19,23)(H2,20,21,24);1-2H3. The van der Waals surface area contributed by atoms with Gasteiger partial charge >= 0.3 is 6.03 Å². The molecule has 1 aliphatic rings. The molecule has 2 aromatic rings. The van der Waals surface area contributed by atoms with Crippen molar-refractivity contribution in [3.05, 3.63) is 45.8 Å². The van der Waals surface area contributed by atoms with E-state index in [0.717, 1.165) is 42.1 Å². The monoisotopic (exact) mass is 388 g/mol. The number of rotatable bonds is 4. The first-order valence-electron chi connectivity index (χ1n) is 9.29. The van der Waals surface area contributed by atoms with Gasteiger partial charge in [0.05, 0.1) is 5.56 Å². The van der Waals surface area contributed by atoms with Gasteiger partial charge in [0.25, 0.3) is 5.91 Å². The van der Waals surface area contributed by atoms with E-state index < -0.39 is 5.91 Å². The number of likely N-dealkylation sites (N-methyl/N-ethyl adjacent to an activating group) is 1. The van der Waals surface area contributed by atoms with Crippen LogP contribution in [0.1, 0.15) is 47.1 Å². The number of urea groups is 1. The lowest BCUT2D eigenvalue weighted by Gasteiger charge is -2.25. The Morgan fingerprint density at radius 2 is 1.85 bits per heavy atom. The van der Waals surface area contributed by atoms with E-state index in [-0.39, 0.29) is 6.03 Å². The van der Waals surface area contributed by atoms with Crippen molar-refractivity contribution in [3.63, 3.8) is 0 Å². The first-order valence-corrected chi connectivity index (χ1v) is 10.1. The molecule has 0 spiro atoms. The fraction of sp³-hybridized carbons (Fsp3) is 0.400. The molecule has 0 unspecified atom stereocenters. The van der Waals surface area contributed by atoms with Crippen LogP contribution in [0.25, 0.3) is 0 Å². The minimum atomic E-state index is -0.493. The van der Waals surface area contributed by atoms with Crippen LogP contribution in [0.2, 0.25) is 0 Å². The van der Waals surface area contributed by atoms with Crippen LogP contribution in [0.15, 0.2) is 24.3 Å². The van der Waals surface area contributed by atoms with Crippen LogP contribution in [-0.2, 0) is 13.0 Å². The van der Waals surface area contributed by atoms with Crippen molar-refractivity contribution < 1.29 is 9.59 Å². The lowest BCUT2D eigenvalue weighted by atomic mass is 10.0. The fourth-order valence-corrected chi connectivity index (χ4v) is 4.27. The molecule has 0 bridgehead atoms. The van der Waals surface area contributed by atoms with E-state index >= 15 is 0 Å². The normalized spacial score (nSPS) is 13.2. The third-order valence-corrected chi connectivity index (χ3v) is 5.50. The van der Waals surface area contributed by atoms with E-state index in [1.807, 2.05) is 45.0 Å². The van der Waals surface area contributed by atoms with E-state index in [4.69, 9.17) is 5.73 Å². The Morgan fingerprint density at radius 1 is 1.19 bits per heavy atom. The third-order valence-electron chi connectivity index (χ3n) is 4.37. The van der Waals surface area contributed by atoms with Crippen molar-refractivity contribution in [1.82, 2.24) is 4.90 Å². The van der Waals surface area contributed by atoms with Crippen molar-refractivity contribution in [1.29, 1.82) is 0 Å². The van der Waals surface area contributed by atoms with Gasteiger partial charge in [0.1, 0.15) is 5.00 Å². The van der Waals surface area contributed by atoms with Gasteiger partial charge in [0.15, 0.2) is 0 Å². The summed E-state index contributed by atoms with van der Waals surface area (Å²) < 4.78 is 0. The highest BCUT2D eigenvalue weighted by Crippen LogP contribution is 2.36. The molecule has 1 aliphatic heterocycles. The molecule has 1 aromatic heterocycles. The van der Waals surface area contributed by atoms with Gasteiger partial charge in [-0.3, -0.25) is 15.0 Å². The Morgan fingerprint density at radius 3 is 2.44 bits per heavy atom. The average Bonchev–Trinajstić information content (AvgIpc) is 3.02. The van der Waals surface area contributed by atoms with Gasteiger partial charge in [-0.15, -0.1) is 11.3 Å². The summed E-state index contributed by atoms with van der Waals surface area (Å²) in [5, 5.41) is 6.10. The van der Waals surface area contributed by atoms with Gasteiger partial charge in [-0.25, -0.2) is 4.79 Å². The Balaban J connectivity index is 0.00000126. The molecule has 0 saturated heterocycles. The fourth-order valence-electron chi connectivity index (χ4n) is 2.98. The molecule has 3 amide bonds. The number of benzene rings is 1. The number of anilines is 2. The summed E-state index contributed by atoms with van der Waals surface area (Å²) in [6, 6.07) is 7.14. The molecule has 1 aromatic carbocycles. The number of carbonyl (C=O) groups is 2. The molecule has 7 heteroatoms. The second-order valence-corrected chi connectivity index (χ2v) is 7.24. The third kappa shape index (κ3) is 5.08. The Labute approximate surface area is 164 Å². The maximum Gasteiger partial charge on any atom is 0.324 e. The van der Waals surface area contributed by atoms with Crippen molar-refractivity contribution in [2.75, 3.05) is 23.7 Å². The van der Waals surface area contributed by atoms with Gasteiger partial charge in [-0.2, -0.15) is 0 Å². The number of nitrogens with zero attached hydrogens (tertiary/aromatic N) is 1. The van der Waals surface area contributed by atoms with Crippen LogP contribution < -0.4 is 16.4 Å². The zero-order chi connectivity index (χ0) is 20.0. The van der Waals surface area contributed by atoms with Crippen LogP contribution in [0.5, 0.6) is 0 Å². The van der Waals surface area contributed by atoms with Crippen molar-refractivity contribution in [3.8, 4) is 0 Å².